The highest BCUT2D eigenvalue weighted by Gasteiger charge is 2.76. The van der Waals surface area contributed by atoms with E-state index < -0.39 is 0 Å². The third-order valence-corrected chi connectivity index (χ3v) is 6.83. The largest absolute Gasteiger partial charge is 0.464 e. The fourth-order valence-electron chi connectivity index (χ4n) is 4.66. The van der Waals surface area contributed by atoms with Crippen LogP contribution >= 0.6 is 11.6 Å². The number of hydrogen-bond donors (Lipinski definition) is 0. The first kappa shape index (κ1) is 15.0. The van der Waals surface area contributed by atoms with E-state index in [2.05, 4.69) is 39.8 Å². The first-order chi connectivity index (χ1) is 10.2. The summed E-state index contributed by atoms with van der Waals surface area (Å²) < 4.78 is 12.6. The van der Waals surface area contributed by atoms with Crippen molar-refractivity contribution in [3.63, 3.8) is 0 Å². The second-order valence-electron chi connectivity index (χ2n) is 8.75. The molecule has 0 aromatic heterocycles. The first-order valence-electron chi connectivity index (χ1n) is 8.26. The van der Waals surface area contributed by atoms with Crippen LogP contribution in [0.2, 0.25) is 10.3 Å². The Hall–Kier alpha value is -0.505. The van der Waals surface area contributed by atoms with Crippen LogP contribution in [0, 0.1) is 5.41 Å². The molecule has 1 aliphatic heterocycles. The number of benzene rings is 1. The summed E-state index contributed by atoms with van der Waals surface area (Å²) in [6.07, 6.45) is 4.72. The van der Waals surface area contributed by atoms with Crippen LogP contribution in [-0.4, -0.2) is 18.3 Å². The molecule has 4 aliphatic rings. The molecule has 0 spiro atoms. The van der Waals surface area contributed by atoms with Crippen LogP contribution in [0.4, 0.5) is 0 Å². The Kier molecular flexibility index (Phi) is 2.95. The van der Waals surface area contributed by atoms with Crippen molar-refractivity contribution in [2.24, 2.45) is 5.41 Å². The lowest BCUT2D eigenvalue weighted by molar-refractivity contribution is -0.109. The molecule has 3 saturated carbocycles. The van der Waals surface area contributed by atoms with Crippen molar-refractivity contribution in [3.05, 3.63) is 34.9 Å². The maximum absolute atomic E-state index is 6.32. The van der Waals surface area contributed by atoms with Gasteiger partial charge in [0.15, 0.2) is 0 Å². The fourth-order valence-corrected chi connectivity index (χ4v) is 4.86. The van der Waals surface area contributed by atoms with Gasteiger partial charge in [0.1, 0.15) is 0 Å². The van der Waals surface area contributed by atoms with Crippen molar-refractivity contribution >= 4 is 18.7 Å². The molecular weight excluding hydrogens is 294 g/mol. The third kappa shape index (κ3) is 1.95. The van der Waals surface area contributed by atoms with Crippen molar-refractivity contribution in [1.29, 1.82) is 0 Å². The van der Waals surface area contributed by atoms with Crippen LogP contribution in [0.15, 0.2) is 24.3 Å². The van der Waals surface area contributed by atoms with E-state index in [9.17, 15) is 0 Å². The van der Waals surface area contributed by atoms with Gasteiger partial charge in [-0.1, -0.05) is 29.8 Å². The number of rotatable bonds is 3. The molecule has 0 atom stereocenters. The van der Waals surface area contributed by atoms with Gasteiger partial charge in [-0.25, -0.2) is 0 Å². The highest BCUT2D eigenvalue weighted by molar-refractivity contribution is 6.51. The molecule has 4 fully saturated rings. The summed E-state index contributed by atoms with van der Waals surface area (Å²) in [6.45, 7) is 8.55. The maximum atomic E-state index is 6.32. The second-order valence-corrected chi connectivity index (χ2v) is 9.16. The molecule has 1 aromatic carbocycles. The number of hydrogen-bond acceptors (Lipinski definition) is 2. The fraction of sp³-hybridized carbons (Fsp3) is 0.667. The van der Waals surface area contributed by atoms with Gasteiger partial charge in [-0.15, -0.1) is 0 Å². The normalized spacial score (nSPS) is 37.6. The molecule has 5 rings (SSSR count). The number of halogens is 1. The Bertz CT molecular complexity index is 589. The Morgan fingerprint density at radius 3 is 2.09 bits per heavy atom. The molecule has 1 aromatic rings. The van der Waals surface area contributed by atoms with Gasteiger partial charge in [-0.05, 0) is 70.4 Å². The third-order valence-electron chi connectivity index (χ3n) is 6.46. The topological polar surface area (TPSA) is 18.5 Å². The molecule has 0 radical (unpaired) electrons. The molecule has 2 bridgehead atoms. The smallest absolute Gasteiger partial charge is 0.403 e. The maximum Gasteiger partial charge on any atom is 0.464 e. The zero-order valence-electron chi connectivity index (χ0n) is 13.9. The molecule has 2 nitrogen and oxygen atoms in total. The molecule has 1 heterocycles. The summed E-state index contributed by atoms with van der Waals surface area (Å²) in [5, 5.41) is 1.16. The van der Waals surface area contributed by atoms with Crippen molar-refractivity contribution in [1.82, 2.24) is 0 Å². The first-order valence-corrected chi connectivity index (χ1v) is 8.64. The summed E-state index contributed by atoms with van der Waals surface area (Å²) in [5.74, 6) is 0. The van der Waals surface area contributed by atoms with Crippen molar-refractivity contribution in [3.8, 4) is 0 Å². The Morgan fingerprint density at radius 2 is 1.55 bits per heavy atom. The summed E-state index contributed by atoms with van der Waals surface area (Å²) in [7, 11) is -0.0365. The lowest BCUT2D eigenvalue weighted by Gasteiger charge is -2.71. The lowest BCUT2D eigenvalue weighted by atomic mass is 9.23. The van der Waals surface area contributed by atoms with Gasteiger partial charge in [0.25, 0.3) is 0 Å². The second kappa shape index (κ2) is 4.31. The van der Waals surface area contributed by atoms with E-state index in [-0.39, 0.29) is 23.6 Å². The van der Waals surface area contributed by atoms with Gasteiger partial charge in [-0.3, -0.25) is 0 Å². The molecule has 4 heteroatoms. The zero-order valence-corrected chi connectivity index (χ0v) is 14.7. The predicted molar refractivity (Wildman–Crippen MR) is 90.2 cm³/mol. The monoisotopic (exact) mass is 318 g/mol. The van der Waals surface area contributed by atoms with Gasteiger partial charge >= 0.3 is 7.12 Å². The van der Waals surface area contributed by atoms with Crippen molar-refractivity contribution in [2.75, 3.05) is 0 Å². The average Bonchev–Trinajstić information content (AvgIpc) is 2.53. The highest BCUT2D eigenvalue weighted by Crippen LogP contribution is 2.81. The van der Waals surface area contributed by atoms with Crippen LogP contribution in [0.5, 0.6) is 0 Å². The Morgan fingerprint density at radius 1 is 1.00 bits per heavy atom. The summed E-state index contributed by atoms with van der Waals surface area (Å²) in [6, 6.07) is 8.23. The molecule has 0 unspecified atom stereocenters. The molecule has 3 aliphatic carbocycles. The zero-order chi connectivity index (χ0) is 15.8. The van der Waals surface area contributed by atoms with Crippen molar-refractivity contribution < 1.29 is 9.31 Å². The van der Waals surface area contributed by atoms with E-state index >= 15 is 0 Å². The summed E-state index contributed by atoms with van der Waals surface area (Å²) in [4.78, 5) is 0. The van der Waals surface area contributed by atoms with E-state index in [4.69, 9.17) is 20.9 Å². The standard InChI is InChI=1S/C18H24BClO2/c1-15(2)16(3,4)22-19(21-15)18-10-17(11-18,12-18)9-13-7-5-6-8-14(13)20/h5-8H,9-12H2,1-4H3. The van der Waals surface area contributed by atoms with E-state index in [0.717, 1.165) is 11.4 Å². The van der Waals surface area contributed by atoms with E-state index in [1.54, 1.807) is 0 Å². The van der Waals surface area contributed by atoms with Crippen LogP contribution in [-0.2, 0) is 15.7 Å². The molecule has 0 amide bonds. The van der Waals surface area contributed by atoms with Gasteiger partial charge in [0, 0.05) is 10.3 Å². The molecule has 0 N–H and O–H groups in total. The average molecular weight is 319 g/mol. The van der Waals surface area contributed by atoms with Crippen LogP contribution in [0.25, 0.3) is 0 Å². The minimum atomic E-state index is -0.219. The van der Waals surface area contributed by atoms with E-state index in [0.29, 0.717) is 5.41 Å². The van der Waals surface area contributed by atoms with Gasteiger partial charge in [0.05, 0.1) is 11.2 Å². The molecule has 1 saturated heterocycles. The van der Waals surface area contributed by atoms with E-state index in [1.807, 2.05) is 12.1 Å². The van der Waals surface area contributed by atoms with Crippen LogP contribution in [0.3, 0.4) is 0 Å². The van der Waals surface area contributed by atoms with Crippen LogP contribution < -0.4 is 0 Å². The SMILES string of the molecule is CC1(C)OB(C23CC(Cc4ccccc4Cl)(C2)C3)OC1(C)C. The van der Waals surface area contributed by atoms with Gasteiger partial charge in [-0.2, -0.15) is 0 Å². The quantitative estimate of drug-likeness (QED) is 0.738. The van der Waals surface area contributed by atoms with E-state index in [1.165, 1.54) is 24.8 Å². The summed E-state index contributed by atoms with van der Waals surface area (Å²) >= 11 is 6.32. The lowest BCUT2D eigenvalue weighted by Crippen LogP contribution is -2.64. The summed E-state index contributed by atoms with van der Waals surface area (Å²) in [5.41, 5.74) is 1.28. The highest BCUT2D eigenvalue weighted by atomic mass is 35.5. The van der Waals surface area contributed by atoms with Crippen molar-refractivity contribution in [2.45, 2.75) is 69.9 Å². The molecule has 22 heavy (non-hydrogen) atoms. The minimum Gasteiger partial charge on any atom is -0.403 e. The van der Waals surface area contributed by atoms with Gasteiger partial charge < -0.3 is 9.31 Å². The Balaban J connectivity index is 1.44. The minimum absolute atomic E-state index is 0.0365. The van der Waals surface area contributed by atoms with Gasteiger partial charge in [0.2, 0.25) is 0 Å². The molecular formula is C18H24BClO2. The molecule has 118 valence electrons. The van der Waals surface area contributed by atoms with Crippen LogP contribution in [0.1, 0.15) is 52.5 Å². The predicted octanol–water partition coefficient (Wildman–Crippen LogP) is 4.90. The Labute approximate surface area is 138 Å².